The Hall–Kier alpha value is -6.47. The molecule has 0 aromatic heterocycles. The van der Waals surface area contributed by atoms with Gasteiger partial charge in [0.15, 0.2) is 17.3 Å². The molecule has 0 atom stereocenters. The first-order chi connectivity index (χ1) is 24.3. The summed E-state index contributed by atoms with van der Waals surface area (Å²) in [4.78, 5) is 36.4. The highest BCUT2D eigenvalue weighted by Crippen LogP contribution is 2.27. The van der Waals surface area contributed by atoms with E-state index < -0.39 is 0 Å². The summed E-state index contributed by atoms with van der Waals surface area (Å²) in [5.74, 6) is -0.740. The molecule has 6 aromatic carbocycles. The van der Waals surface area contributed by atoms with E-state index in [1.165, 1.54) is 12.1 Å². The van der Waals surface area contributed by atoms with E-state index in [4.69, 9.17) is 0 Å². The number of benzene rings is 6. The Morgan fingerprint density at radius 1 is 0.353 bits per heavy atom. The average molecular weight is 681 g/mol. The number of carbonyl (C=O) groups excluding carboxylic acids is 3. The average Bonchev–Trinajstić information content (AvgIpc) is 3.09. The third-order valence-electron chi connectivity index (χ3n) is 8.02. The molecule has 0 heterocycles. The molecule has 0 bridgehead atoms. The summed E-state index contributed by atoms with van der Waals surface area (Å²) in [5, 5.41) is 39.0. The zero-order valence-corrected chi connectivity index (χ0v) is 29.1. The van der Waals surface area contributed by atoms with Gasteiger partial charge in [-0.15, -0.1) is 0 Å². The Morgan fingerprint density at radius 2 is 0.667 bits per heavy atom. The lowest BCUT2D eigenvalue weighted by Gasteiger charge is -2.07. The van der Waals surface area contributed by atoms with Crippen LogP contribution in [0.25, 0.3) is 0 Å². The minimum Gasteiger partial charge on any atom is -0.507 e. The standard InChI is InChI=1S/C15H14O3.C15H14O2.C14H12O2/c1-9-3-5-11(13(16)7-9)15(18)12-6-4-10(2)8-14(12)17;1-10-7-8-13(14(16)9-10)15(17)12-6-4-3-5-11(12)2;1-10-7-8-12(13(15)9-10)14(16)11-5-3-2-4-6-11/h3-8,16-17H,1-2H3;3-9,16H,1-2H3;2-9,15H,1H3. The van der Waals surface area contributed by atoms with Crippen LogP contribution in [0, 0.1) is 34.6 Å². The van der Waals surface area contributed by atoms with Crippen LogP contribution in [0.2, 0.25) is 0 Å². The normalized spacial score (nSPS) is 10.2. The fraction of sp³-hybridized carbons (Fsp3) is 0.114. The van der Waals surface area contributed by atoms with Crippen LogP contribution in [-0.4, -0.2) is 37.8 Å². The zero-order valence-electron chi connectivity index (χ0n) is 29.1. The van der Waals surface area contributed by atoms with Crippen molar-refractivity contribution in [2.75, 3.05) is 0 Å². The number of rotatable bonds is 6. The van der Waals surface area contributed by atoms with Gasteiger partial charge in [-0.25, -0.2) is 0 Å². The predicted molar refractivity (Wildman–Crippen MR) is 199 cm³/mol. The summed E-state index contributed by atoms with van der Waals surface area (Å²) in [7, 11) is 0. The highest BCUT2D eigenvalue weighted by Gasteiger charge is 2.17. The molecule has 0 fully saturated rings. The number of hydrogen-bond acceptors (Lipinski definition) is 7. The van der Waals surface area contributed by atoms with E-state index in [2.05, 4.69) is 0 Å². The van der Waals surface area contributed by atoms with Gasteiger partial charge in [0, 0.05) is 11.1 Å². The molecule has 0 unspecified atom stereocenters. The molecule has 0 aliphatic carbocycles. The smallest absolute Gasteiger partial charge is 0.200 e. The lowest BCUT2D eigenvalue weighted by atomic mass is 9.98. The van der Waals surface area contributed by atoms with Crippen LogP contribution >= 0.6 is 0 Å². The molecule has 0 spiro atoms. The largest absolute Gasteiger partial charge is 0.507 e. The van der Waals surface area contributed by atoms with E-state index in [0.717, 1.165) is 27.8 Å². The molecule has 7 nitrogen and oxygen atoms in total. The van der Waals surface area contributed by atoms with Gasteiger partial charge >= 0.3 is 0 Å². The van der Waals surface area contributed by atoms with Crippen LogP contribution < -0.4 is 0 Å². The van der Waals surface area contributed by atoms with Crippen molar-refractivity contribution in [3.05, 3.63) is 189 Å². The predicted octanol–water partition coefficient (Wildman–Crippen LogP) is 9.12. The first-order valence-electron chi connectivity index (χ1n) is 16.2. The van der Waals surface area contributed by atoms with Crippen LogP contribution in [0.5, 0.6) is 23.0 Å². The first kappa shape index (κ1) is 37.4. The minimum absolute atomic E-state index is 0.0360. The van der Waals surface area contributed by atoms with Crippen molar-refractivity contribution >= 4 is 17.3 Å². The van der Waals surface area contributed by atoms with Crippen LogP contribution in [0.15, 0.2) is 127 Å². The molecule has 258 valence electrons. The van der Waals surface area contributed by atoms with Gasteiger partial charge in [-0.2, -0.15) is 0 Å². The molecule has 0 radical (unpaired) electrons. The molecule has 0 aliphatic rings. The van der Waals surface area contributed by atoms with Gasteiger partial charge < -0.3 is 20.4 Å². The van der Waals surface area contributed by atoms with E-state index >= 15 is 0 Å². The lowest BCUT2D eigenvalue weighted by Crippen LogP contribution is -2.03. The molecule has 6 aromatic rings. The number of aromatic hydroxyl groups is 4. The summed E-state index contributed by atoms with van der Waals surface area (Å²) >= 11 is 0. The van der Waals surface area contributed by atoms with Gasteiger partial charge in [0.05, 0.1) is 22.3 Å². The van der Waals surface area contributed by atoms with Gasteiger partial charge in [-0.1, -0.05) is 78.9 Å². The fourth-order valence-electron chi connectivity index (χ4n) is 5.20. The number of carbonyl (C=O) groups is 3. The maximum absolute atomic E-state index is 12.2. The Morgan fingerprint density at radius 3 is 1.02 bits per heavy atom. The van der Waals surface area contributed by atoms with Gasteiger partial charge in [0.25, 0.3) is 0 Å². The molecule has 0 amide bonds. The highest BCUT2D eigenvalue weighted by atomic mass is 16.3. The van der Waals surface area contributed by atoms with E-state index in [0.29, 0.717) is 22.3 Å². The summed E-state index contributed by atoms with van der Waals surface area (Å²) in [6.07, 6.45) is 0. The molecule has 7 heteroatoms. The Labute approximate surface area is 297 Å². The number of hydrogen-bond donors (Lipinski definition) is 4. The molecule has 51 heavy (non-hydrogen) atoms. The molecule has 0 saturated heterocycles. The van der Waals surface area contributed by atoms with Crippen molar-refractivity contribution in [2.24, 2.45) is 0 Å². The van der Waals surface area contributed by atoms with Gasteiger partial charge in [0.1, 0.15) is 23.0 Å². The van der Waals surface area contributed by atoms with Crippen molar-refractivity contribution < 1.29 is 34.8 Å². The molecule has 6 rings (SSSR count). The monoisotopic (exact) mass is 680 g/mol. The summed E-state index contributed by atoms with van der Waals surface area (Å²) in [5.41, 5.74) is 6.83. The van der Waals surface area contributed by atoms with Crippen LogP contribution in [-0.2, 0) is 0 Å². The summed E-state index contributed by atoms with van der Waals surface area (Å²) in [6, 6.07) is 36.1. The first-order valence-corrected chi connectivity index (χ1v) is 16.2. The van der Waals surface area contributed by atoms with Gasteiger partial charge in [0.2, 0.25) is 0 Å². The topological polar surface area (TPSA) is 132 Å². The van der Waals surface area contributed by atoms with Crippen LogP contribution in [0.4, 0.5) is 0 Å². The molecule has 4 N–H and O–H groups in total. The molecule has 0 saturated carbocycles. The second-order valence-corrected chi connectivity index (χ2v) is 12.3. The van der Waals surface area contributed by atoms with E-state index in [1.807, 2.05) is 71.0 Å². The number of aryl methyl sites for hydroxylation is 5. The highest BCUT2D eigenvalue weighted by molar-refractivity contribution is 6.13. The molecular formula is C44H40O7. The van der Waals surface area contributed by atoms with Gasteiger partial charge in [-0.3, -0.25) is 14.4 Å². The van der Waals surface area contributed by atoms with E-state index in [1.54, 1.807) is 78.9 Å². The third-order valence-corrected chi connectivity index (χ3v) is 8.02. The van der Waals surface area contributed by atoms with E-state index in [9.17, 15) is 34.8 Å². The number of phenols is 4. The van der Waals surface area contributed by atoms with Crippen molar-refractivity contribution in [1.29, 1.82) is 0 Å². The second kappa shape index (κ2) is 16.8. The number of ketones is 3. The van der Waals surface area contributed by atoms with Crippen molar-refractivity contribution in [2.45, 2.75) is 34.6 Å². The lowest BCUT2D eigenvalue weighted by molar-refractivity contribution is 0.102. The maximum Gasteiger partial charge on any atom is 0.200 e. The van der Waals surface area contributed by atoms with Crippen LogP contribution in [0.1, 0.15) is 75.6 Å². The number of phenolic OH excluding ortho intramolecular Hbond substituents is 4. The zero-order chi connectivity index (χ0) is 37.2. The quantitative estimate of drug-likeness (QED) is 0.129. The Kier molecular flexibility index (Phi) is 12.3. The maximum atomic E-state index is 12.2. The summed E-state index contributed by atoms with van der Waals surface area (Å²) < 4.78 is 0. The third kappa shape index (κ3) is 9.58. The van der Waals surface area contributed by atoms with Crippen LogP contribution in [0.3, 0.4) is 0 Å². The van der Waals surface area contributed by atoms with Crippen molar-refractivity contribution in [3.63, 3.8) is 0 Å². The Bertz CT molecular complexity index is 2150. The fourth-order valence-corrected chi connectivity index (χ4v) is 5.20. The van der Waals surface area contributed by atoms with Crippen molar-refractivity contribution in [3.8, 4) is 23.0 Å². The summed E-state index contributed by atoms with van der Waals surface area (Å²) in [6.45, 7) is 9.30. The Balaban J connectivity index is 0.000000172. The molecule has 0 aliphatic heterocycles. The second-order valence-electron chi connectivity index (χ2n) is 12.3. The van der Waals surface area contributed by atoms with Crippen molar-refractivity contribution in [1.82, 2.24) is 0 Å². The van der Waals surface area contributed by atoms with E-state index in [-0.39, 0.29) is 51.5 Å². The van der Waals surface area contributed by atoms with Gasteiger partial charge in [-0.05, 0) is 111 Å². The SMILES string of the molecule is Cc1ccc(C(=O)c2ccc(C)cc2O)c(O)c1.Cc1ccc(C(=O)c2ccccc2)c(O)c1.Cc1ccc(C(=O)c2ccccc2C)c(O)c1. The minimum atomic E-state index is -0.384. The molecular weight excluding hydrogens is 640 g/mol.